The number of rotatable bonds is 2. The van der Waals surface area contributed by atoms with Gasteiger partial charge in [-0.15, -0.1) is 0 Å². The Labute approximate surface area is 63.8 Å². The molecule has 1 atom stereocenters. The molecular formula is C9H16O. The molecule has 0 aromatic rings. The van der Waals surface area contributed by atoms with Crippen molar-refractivity contribution in [3.05, 3.63) is 6.92 Å². The second-order valence-corrected chi connectivity index (χ2v) is 3.02. The smallest absolute Gasteiger partial charge is 0.0468 e. The van der Waals surface area contributed by atoms with Gasteiger partial charge in [-0.1, -0.05) is 13.3 Å². The minimum absolute atomic E-state index is 0.406. The van der Waals surface area contributed by atoms with Gasteiger partial charge in [0.05, 0.1) is 0 Å². The lowest BCUT2D eigenvalue weighted by Gasteiger charge is -2.26. The molecule has 1 aliphatic rings. The Bertz CT molecular complexity index is 84.7. The zero-order chi connectivity index (χ0) is 7.40. The van der Waals surface area contributed by atoms with Crippen LogP contribution in [-0.4, -0.2) is 13.2 Å². The third-order valence-corrected chi connectivity index (χ3v) is 2.34. The van der Waals surface area contributed by atoms with Crippen LogP contribution in [0.15, 0.2) is 0 Å². The normalized spacial score (nSPS) is 24.6. The van der Waals surface area contributed by atoms with Crippen molar-refractivity contribution in [2.75, 3.05) is 13.2 Å². The van der Waals surface area contributed by atoms with E-state index in [4.69, 9.17) is 11.7 Å². The summed E-state index contributed by atoms with van der Waals surface area (Å²) in [5.41, 5.74) is 0. The summed E-state index contributed by atoms with van der Waals surface area (Å²) in [6.45, 7) is 9.88. The van der Waals surface area contributed by atoms with Crippen molar-refractivity contribution in [3.8, 4) is 0 Å². The highest BCUT2D eigenvalue weighted by molar-refractivity contribution is 4.72. The summed E-state index contributed by atoms with van der Waals surface area (Å²) in [5, 5.41) is 0. The quantitative estimate of drug-likeness (QED) is 0.571. The SMILES string of the molecule is [CH]C(CC)C1CCOCC1. The van der Waals surface area contributed by atoms with Crippen molar-refractivity contribution in [3.63, 3.8) is 0 Å². The van der Waals surface area contributed by atoms with E-state index >= 15 is 0 Å². The average Bonchev–Trinajstić information content (AvgIpc) is 2.05. The second kappa shape index (κ2) is 3.97. The molecule has 0 N–H and O–H groups in total. The molecule has 1 unspecified atom stereocenters. The molecule has 2 radical (unpaired) electrons. The highest BCUT2D eigenvalue weighted by Gasteiger charge is 2.18. The van der Waals surface area contributed by atoms with E-state index in [9.17, 15) is 0 Å². The van der Waals surface area contributed by atoms with E-state index in [2.05, 4.69) is 6.92 Å². The summed E-state index contributed by atoms with van der Waals surface area (Å²) in [7, 11) is 0. The van der Waals surface area contributed by atoms with Crippen LogP contribution in [0.5, 0.6) is 0 Å². The molecule has 0 bridgehead atoms. The molecule has 1 saturated heterocycles. The maximum Gasteiger partial charge on any atom is 0.0468 e. The first-order valence-electron chi connectivity index (χ1n) is 4.18. The van der Waals surface area contributed by atoms with Gasteiger partial charge >= 0.3 is 0 Å². The fourth-order valence-corrected chi connectivity index (χ4v) is 1.48. The Kier molecular flexibility index (Phi) is 3.20. The van der Waals surface area contributed by atoms with Gasteiger partial charge in [-0.2, -0.15) is 0 Å². The van der Waals surface area contributed by atoms with Crippen molar-refractivity contribution >= 4 is 0 Å². The van der Waals surface area contributed by atoms with Crippen LogP contribution in [0.1, 0.15) is 26.2 Å². The van der Waals surface area contributed by atoms with E-state index in [-0.39, 0.29) is 0 Å². The van der Waals surface area contributed by atoms with Crippen LogP contribution in [0, 0.1) is 18.8 Å². The summed E-state index contributed by atoms with van der Waals surface area (Å²) in [6, 6.07) is 0. The lowest BCUT2D eigenvalue weighted by atomic mass is 9.86. The molecule has 1 nitrogen and oxygen atoms in total. The molecular weight excluding hydrogens is 124 g/mol. The fraction of sp³-hybridized carbons (Fsp3) is 0.889. The zero-order valence-corrected chi connectivity index (χ0v) is 6.68. The Morgan fingerprint density at radius 2 is 2.10 bits per heavy atom. The van der Waals surface area contributed by atoms with Crippen molar-refractivity contribution in [1.82, 2.24) is 0 Å². The van der Waals surface area contributed by atoms with Crippen LogP contribution >= 0.6 is 0 Å². The fourth-order valence-electron chi connectivity index (χ4n) is 1.48. The molecule has 0 aliphatic carbocycles. The summed E-state index contributed by atoms with van der Waals surface area (Å²) in [4.78, 5) is 0. The van der Waals surface area contributed by atoms with Crippen molar-refractivity contribution in [2.24, 2.45) is 11.8 Å². The van der Waals surface area contributed by atoms with Crippen LogP contribution in [0.3, 0.4) is 0 Å². The third kappa shape index (κ3) is 1.98. The second-order valence-electron chi connectivity index (χ2n) is 3.02. The molecule has 1 heterocycles. The Hall–Kier alpha value is -0.0400. The first kappa shape index (κ1) is 8.06. The van der Waals surface area contributed by atoms with Gasteiger partial charge in [0.15, 0.2) is 0 Å². The summed E-state index contributed by atoms with van der Waals surface area (Å²) < 4.78 is 5.24. The Morgan fingerprint density at radius 1 is 1.50 bits per heavy atom. The lowest BCUT2D eigenvalue weighted by Crippen LogP contribution is -2.21. The van der Waals surface area contributed by atoms with E-state index in [1.165, 1.54) is 0 Å². The molecule has 0 amide bonds. The number of ether oxygens (including phenoxy) is 1. The van der Waals surface area contributed by atoms with Crippen LogP contribution in [0.2, 0.25) is 0 Å². The molecule has 1 heteroatoms. The molecule has 58 valence electrons. The lowest BCUT2D eigenvalue weighted by molar-refractivity contribution is 0.0528. The minimum Gasteiger partial charge on any atom is -0.381 e. The average molecular weight is 140 g/mol. The monoisotopic (exact) mass is 140 g/mol. The summed E-state index contributed by atoms with van der Waals surface area (Å²) >= 11 is 0. The predicted molar refractivity (Wildman–Crippen MR) is 41.6 cm³/mol. The van der Waals surface area contributed by atoms with E-state index in [0.29, 0.717) is 5.92 Å². The van der Waals surface area contributed by atoms with Crippen LogP contribution in [-0.2, 0) is 4.74 Å². The van der Waals surface area contributed by atoms with Gasteiger partial charge in [0.25, 0.3) is 0 Å². The topological polar surface area (TPSA) is 9.23 Å². The standard InChI is InChI=1S/C9H16O/c1-3-8(2)9-4-6-10-7-5-9/h2,8-9H,3-7H2,1H3. The predicted octanol–water partition coefficient (Wildman–Crippen LogP) is 2.15. The van der Waals surface area contributed by atoms with Crippen LogP contribution in [0.4, 0.5) is 0 Å². The summed E-state index contributed by atoms with van der Waals surface area (Å²) in [6.07, 6.45) is 3.43. The van der Waals surface area contributed by atoms with Gasteiger partial charge in [0, 0.05) is 13.2 Å². The molecule has 1 aliphatic heterocycles. The maximum absolute atomic E-state index is 5.89. The van der Waals surface area contributed by atoms with Gasteiger partial charge in [-0.3, -0.25) is 0 Å². The van der Waals surface area contributed by atoms with Crippen molar-refractivity contribution in [2.45, 2.75) is 26.2 Å². The Balaban J connectivity index is 2.24. The Morgan fingerprint density at radius 3 is 2.60 bits per heavy atom. The van der Waals surface area contributed by atoms with E-state index < -0.39 is 0 Å². The van der Waals surface area contributed by atoms with Gasteiger partial charge in [-0.25, -0.2) is 0 Å². The highest BCUT2D eigenvalue weighted by Crippen LogP contribution is 2.24. The molecule has 0 aromatic carbocycles. The first-order valence-corrected chi connectivity index (χ1v) is 4.18. The van der Waals surface area contributed by atoms with Gasteiger partial charge in [-0.05, 0) is 31.6 Å². The molecule has 0 saturated carbocycles. The van der Waals surface area contributed by atoms with Gasteiger partial charge in [0.2, 0.25) is 0 Å². The zero-order valence-electron chi connectivity index (χ0n) is 6.68. The molecule has 0 aromatic heterocycles. The third-order valence-electron chi connectivity index (χ3n) is 2.34. The van der Waals surface area contributed by atoms with Gasteiger partial charge in [0.1, 0.15) is 0 Å². The van der Waals surface area contributed by atoms with Crippen LogP contribution in [0.25, 0.3) is 0 Å². The number of hydrogen-bond acceptors (Lipinski definition) is 1. The molecule has 10 heavy (non-hydrogen) atoms. The largest absolute Gasteiger partial charge is 0.381 e. The van der Waals surface area contributed by atoms with Crippen molar-refractivity contribution in [1.29, 1.82) is 0 Å². The molecule has 1 fully saturated rings. The van der Waals surface area contributed by atoms with E-state index in [0.717, 1.165) is 38.4 Å². The molecule has 0 spiro atoms. The van der Waals surface area contributed by atoms with Crippen LogP contribution < -0.4 is 0 Å². The van der Waals surface area contributed by atoms with Gasteiger partial charge < -0.3 is 4.74 Å². The van der Waals surface area contributed by atoms with E-state index in [1.54, 1.807) is 0 Å². The highest BCUT2D eigenvalue weighted by atomic mass is 16.5. The van der Waals surface area contributed by atoms with Crippen molar-refractivity contribution < 1.29 is 4.74 Å². The maximum atomic E-state index is 5.89. The molecule has 1 rings (SSSR count). The van der Waals surface area contributed by atoms with E-state index in [1.807, 2.05) is 0 Å². The number of hydrogen-bond donors (Lipinski definition) is 0. The first-order chi connectivity index (χ1) is 4.84. The minimum atomic E-state index is 0.406. The summed E-state index contributed by atoms with van der Waals surface area (Å²) in [5.74, 6) is 1.13.